The number of aryl methyl sites for hydroxylation is 2. The summed E-state index contributed by atoms with van der Waals surface area (Å²) in [5, 5.41) is 4.39. The summed E-state index contributed by atoms with van der Waals surface area (Å²) in [6, 6.07) is 8.14. The molecule has 0 atom stereocenters. The molecular weight excluding hydrogens is 363 g/mol. The Bertz CT molecular complexity index is 614. The first kappa shape index (κ1) is 15.2. The maximum absolute atomic E-state index is 12.1. The lowest BCUT2D eigenvalue weighted by atomic mass is 10.0. The average molecular weight is 382 g/mol. The zero-order chi connectivity index (χ0) is 14.7. The molecule has 1 aromatic heterocycles. The molecule has 0 aliphatic carbocycles. The molecule has 20 heavy (non-hydrogen) atoms. The van der Waals surface area contributed by atoms with Gasteiger partial charge in [0.25, 0.3) is 0 Å². The Morgan fingerprint density at radius 1 is 1.25 bits per heavy atom. The fourth-order valence-electron chi connectivity index (χ4n) is 2.36. The van der Waals surface area contributed by atoms with Crippen molar-refractivity contribution >= 4 is 28.4 Å². The number of halogens is 1. The minimum absolute atomic E-state index is 0.286. The molecule has 0 spiro atoms. The lowest BCUT2D eigenvalue weighted by Crippen LogP contribution is -2.05. The second-order valence-corrected chi connectivity index (χ2v) is 6.36. The molecule has 1 aromatic carbocycles. The number of hydrogen-bond acceptors (Lipinski definition) is 2. The van der Waals surface area contributed by atoms with Gasteiger partial charge in [0.05, 0.1) is 5.69 Å². The summed E-state index contributed by atoms with van der Waals surface area (Å²) in [7, 11) is 1.94. The molecule has 0 saturated carbocycles. The minimum atomic E-state index is 0.286. The second kappa shape index (κ2) is 6.52. The van der Waals surface area contributed by atoms with E-state index in [1.165, 1.54) is 9.13 Å². The van der Waals surface area contributed by atoms with Gasteiger partial charge in [-0.05, 0) is 66.1 Å². The van der Waals surface area contributed by atoms with E-state index in [4.69, 9.17) is 0 Å². The minimum Gasteiger partial charge on any atom is -0.299 e. The molecule has 106 valence electrons. The molecule has 0 radical (unpaired) electrons. The Hall–Kier alpha value is -1.17. The average Bonchev–Trinajstić information content (AvgIpc) is 2.64. The van der Waals surface area contributed by atoms with Crippen LogP contribution in [-0.4, -0.2) is 15.6 Å². The van der Waals surface area contributed by atoms with Gasteiger partial charge in [-0.25, -0.2) is 0 Å². The molecule has 0 aliphatic rings. The molecule has 0 bridgehead atoms. The fourth-order valence-corrected chi connectivity index (χ4v) is 2.72. The molecule has 3 nitrogen and oxygen atoms in total. The molecule has 0 aliphatic heterocycles. The van der Waals surface area contributed by atoms with Crippen LogP contribution in [0.15, 0.2) is 24.3 Å². The third-order valence-electron chi connectivity index (χ3n) is 3.63. The maximum Gasteiger partial charge on any atom is 0.137 e. The van der Waals surface area contributed by atoms with E-state index in [1.54, 1.807) is 0 Å². The summed E-state index contributed by atoms with van der Waals surface area (Å²) in [6.45, 7) is 4.06. The van der Waals surface area contributed by atoms with Crippen molar-refractivity contribution in [1.29, 1.82) is 0 Å². The Morgan fingerprint density at radius 3 is 2.45 bits per heavy atom. The van der Waals surface area contributed by atoms with E-state index in [-0.39, 0.29) is 5.78 Å². The van der Waals surface area contributed by atoms with Crippen LogP contribution in [0.4, 0.5) is 0 Å². The molecule has 2 rings (SSSR count). The highest BCUT2D eigenvalue weighted by Crippen LogP contribution is 2.15. The van der Waals surface area contributed by atoms with Crippen LogP contribution in [0.25, 0.3) is 0 Å². The number of Topliss-reactive ketones (excluding diaryl/α,β-unsaturated/α-hetero) is 1. The van der Waals surface area contributed by atoms with Gasteiger partial charge < -0.3 is 0 Å². The molecular formula is C16H19IN2O. The summed E-state index contributed by atoms with van der Waals surface area (Å²) in [5.41, 5.74) is 4.50. The van der Waals surface area contributed by atoms with Crippen LogP contribution in [-0.2, 0) is 24.7 Å². The molecule has 0 N–H and O–H groups in total. The van der Waals surface area contributed by atoms with E-state index in [0.29, 0.717) is 12.8 Å². The third kappa shape index (κ3) is 3.69. The van der Waals surface area contributed by atoms with Gasteiger partial charge in [0, 0.05) is 29.2 Å². The largest absolute Gasteiger partial charge is 0.299 e. The van der Waals surface area contributed by atoms with E-state index < -0.39 is 0 Å². The summed E-state index contributed by atoms with van der Waals surface area (Å²) >= 11 is 2.27. The Balaban J connectivity index is 1.94. The highest BCUT2D eigenvalue weighted by molar-refractivity contribution is 14.1. The van der Waals surface area contributed by atoms with Crippen molar-refractivity contribution < 1.29 is 4.79 Å². The smallest absolute Gasteiger partial charge is 0.137 e. The van der Waals surface area contributed by atoms with Crippen molar-refractivity contribution in [1.82, 2.24) is 9.78 Å². The van der Waals surface area contributed by atoms with E-state index in [2.05, 4.69) is 34.6 Å². The number of carbonyl (C=O) groups excluding carboxylic acids is 1. The van der Waals surface area contributed by atoms with Crippen molar-refractivity contribution in [3.8, 4) is 0 Å². The maximum atomic E-state index is 12.1. The van der Waals surface area contributed by atoms with Gasteiger partial charge in [0.2, 0.25) is 0 Å². The van der Waals surface area contributed by atoms with Crippen LogP contribution >= 0.6 is 22.6 Å². The summed E-state index contributed by atoms with van der Waals surface area (Å²) in [4.78, 5) is 12.1. The number of hydrogen-bond donors (Lipinski definition) is 0. The third-order valence-corrected chi connectivity index (χ3v) is 4.35. The van der Waals surface area contributed by atoms with Crippen LogP contribution in [0.2, 0.25) is 0 Å². The van der Waals surface area contributed by atoms with Gasteiger partial charge in [-0.3, -0.25) is 9.48 Å². The second-order valence-electron chi connectivity index (χ2n) is 5.11. The highest BCUT2D eigenvalue weighted by atomic mass is 127. The first-order valence-corrected chi connectivity index (χ1v) is 7.80. The number of rotatable bonds is 5. The monoisotopic (exact) mass is 382 g/mol. The van der Waals surface area contributed by atoms with Crippen molar-refractivity contribution in [2.75, 3.05) is 0 Å². The molecule has 4 heteroatoms. The predicted molar refractivity (Wildman–Crippen MR) is 88.9 cm³/mol. The van der Waals surface area contributed by atoms with Crippen molar-refractivity contribution in [3.05, 3.63) is 50.4 Å². The number of ketones is 1. The van der Waals surface area contributed by atoms with Gasteiger partial charge >= 0.3 is 0 Å². The standard InChI is InChI=1S/C16H19IN2O/c1-11-16(12(2)19(3)18-11)9-8-15(20)10-13-4-6-14(17)7-5-13/h4-7H,8-10H2,1-3H3. The molecule has 0 unspecified atom stereocenters. The number of aromatic nitrogens is 2. The highest BCUT2D eigenvalue weighted by Gasteiger charge is 2.11. The zero-order valence-electron chi connectivity index (χ0n) is 12.1. The molecule has 0 saturated heterocycles. The molecule has 0 amide bonds. The normalized spacial score (nSPS) is 10.8. The Kier molecular flexibility index (Phi) is 4.96. The van der Waals surface area contributed by atoms with Crippen molar-refractivity contribution in [2.24, 2.45) is 7.05 Å². The lowest BCUT2D eigenvalue weighted by molar-refractivity contribution is -0.118. The zero-order valence-corrected chi connectivity index (χ0v) is 14.3. The van der Waals surface area contributed by atoms with E-state index in [1.807, 2.05) is 42.9 Å². The summed E-state index contributed by atoms with van der Waals surface area (Å²) in [5.74, 6) is 0.286. The Labute approximate surface area is 133 Å². The van der Waals surface area contributed by atoms with E-state index in [0.717, 1.165) is 23.4 Å². The predicted octanol–water partition coefficient (Wildman–Crippen LogP) is 3.39. The first-order chi connectivity index (χ1) is 9.47. The van der Waals surface area contributed by atoms with Crippen molar-refractivity contribution in [3.63, 3.8) is 0 Å². The number of nitrogens with zero attached hydrogens (tertiary/aromatic N) is 2. The molecule has 1 heterocycles. The molecule has 2 aromatic rings. The topological polar surface area (TPSA) is 34.9 Å². The van der Waals surface area contributed by atoms with Gasteiger partial charge in [-0.15, -0.1) is 0 Å². The Morgan fingerprint density at radius 2 is 1.90 bits per heavy atom. The summed E-state index contributed by atoms with van der Waals surface area (Å²) < 4.78 is 3.08. The van der Waals surface area contributed by atoms with Gasteiger partial charge in [-0.2, -0.15) is 5.10 Å². The van der Waals surface area contributed by atoms with Crippen LogP contribution in [0.5, 0.6) is 0 Å². The number of carbonyl (C=O) groups is 1. The summed E-state index contributed by atoms with van der Waals surface area (Å²) in [6.07, 6.45) is 1.89. The van der Waals surface area contributed by atoms with Crippen LogP contribution in [0.1, 0.15) is 28.9 Å². The van der Waals surface area contributed by atoms with Gasteiger partial charge in [0.1, 0.15) is 5.78 Å². The fraction of sp³-hybridized carbons (Fsp3) is 0.375. The van der Waals surface area contributed by atoms with E-state index >= 15 is 0 Å². The lowest BCUT2D eigenvalue weighted by Gasteiger charge is -2.03. The van der Waals surface area contributed by atoms with Crippen LogP contribution < -0.4 is 0 Å². The van der Waals surface area contributed by atoms with Gasteiger partial charge in [0.15, 0.2) is 0 Å². The van der Waals surface area contributed by atoms with Crippen LogP contribution in [0, 0.1) is 17.4 Å². The van der Waals surface area contributed by atoms with Gasteiger partial charge in [-0.1, -0.05) is 12.1 Å². The van der Waals surface area contributed by atoms with Crippen molar-refractivity contribution in [2.45, 2.75) is 33.1 Å². The molecule has 0 fully saturated rings. The first-order valence-electron chi connectivity index (χ1n) is 6.72. The quantitative estimate of drug-likeness (QED) is 0.744. The number of benzene rings is 1. The SMILES string of the molecule is Cc1nn(C)c(C)c1CCC(=O)Cc1ccc(I)cc1. The van der Waals surface area contributed by atoms with Crippen LogP contribution in [0.3, 0.4) is 0 Å². The van der Waals surface area contributed by atoms with E-state index in [9.17, 15) is 4.79 Å².